The molecule has 0 aliphatic rings. The molecular weight excluding hydrogens is 140 g/mol. The molecule has 0 saturated carbocycles. The van der Waals surface area contributed by atoms with Crippen molar-refractivity contribution < 1.29 is 70.2 Å². The summed E-state index contributed by atoms with van der Waals surface area (Å²) < 4.78 is 6.82. The fourth-order valence-corrected chi connectivity index (χ4v) is 0.0962. The fraction of sp³-hybridized carbons (Fsp3) is 0. The van der Waals surface area contributed by atoms with E-state index in [1.54, 1.807) is 0 Å². The predicted molar refractivity (Wildman–Crippen MR) is 25.9 cm³/mol. The normalized spacial score (nSPS) is 6.00. The standard InChI is InChI=1S/C2B2O4.Li.Na.2H/c3-7-1(5)2(6)8-4;;;;/q;2*+1;2*-1. The molecule has 0 unspecified atom stereocenters. The SMILES string of the molecule is [B]OC(=O)C(=O)O[B].[H-].[H-].[Li+].[Na+]. The molecule has 8 heteroatoms. The van der Waals surface area contributed by atoms with Crippen molar-refractivity contribution in [2.24, 2.45) is 0 Å². The van der Waals surface area contributed by atoms with Crippen molar-refractivity contribution in [1.29, 1.82) is 0 Å². The molecule has 0 aromatic carbocycles. The van der Waals surface area contributed by atoms with Gasteiger partial charge in [-0.1, -0.05) is 0 Å². The van der Waals surface area contributed by atoms with E-state index in [0.29, 0.717) is 0 Å². The number of carbonyl (C=O) groups excluding carboxylic acids is 2. The second-order valence-corrected chi connectivity index (χ2v) is 0.811. The Bertz CT molecular complexity index is 114. The molecule has 42 valence electrons. The largest absolute Gasteiger partial charge is 1.00 e. The molecule has 4 nitrogen and oxygen atoms in total. The third-order valence-electron chi connectivity index (χ3n) is 0.381. The molecule has 0 amide bonds. The van der Waals surface area contributed by atoms with Crippen LogP contribution in [0, 0.1) is 0 Å². The minimum absolute atomic E-state index is 0. The van der Waals surface area contributed by atoms with Gasteiger partial charge in [0.25, 0.3) is 0 Å². The van der Waals surface area contributed by atoms with Gasteiger partial charge in [-0.25, -0.2) is 9.59 Å². The molecule has 0 spiro atoms. The molecule has 0 aromatic rings. The molecule has 0 atom stereocenters. The van der Waals surface area contributed by atoms with E-state index in [0.717, 1.165) is 0 Å². The van der Waals surface area contributed by atoms with Crippen LogP contribution in [0.1, 0.15) is 2.85 Å². The van der Waals surface area contributed by atoms with Crippen molar-refractivity contribution in [3.63, 3.8) is 0 Å². The van der Waals surface area contributed by atoms with Crippen LogP contribution in [0.25, 0.3) is 0 Å². The van der Waals surface area contributed by atoms with Crippen molar-refractivity contribution in [1.82, 2.24) is 0 Å². The summed E-state index contributed by atoms with van der Waals surface area (Å²) in [7, 11) is 8.49. The maximum Gasteiger partial charge on any atom is 1.00 e. The molecule has 0 aliphatic carbocycles. The molecule has 0 bridgehead atoms. The third kappa shape index (κ3) is 6.78. The average Bonchev–Trinajstić information content (AvgIpc) is 1.84. The van der Waals surface area contributed by atoms with Gasteiger partial charge in [-0.05, 0) is 0 Å². The van der Waals surface area contributed by atoms with Crippen LogP contribution in [0.4, 0.5) is 0 Å². The number of carbonyl (C=O) groups is 2. The van der Waals surface area contributed by atoms with E-state index in [4.69, 9.17) is 0 Å². The van der Waals surface area contributed by atoms with E-state index >= 15 is 0 Å². The van der Waals surface area contributed by atoms with Gasteiger partial charge in [-0.2, -0.15) is 0 Å². The van der Waals surface area contributed by atoms with Gasteiger partial charge in [0, 0.05) is 0 Å². The Balaban J connectivity index is -0.0000000408. The first-order chi connectivity index (χ1) is 3.72. The van der Waals surface area contributed by atoms with Gasteiger partial charge in [0.1, 0.15) is 0 Å². The Morgan fingerprint density at radius 3 is 1.40 bits per heavy atom. The van der Waals surface area contributed by atoms with Crippen molar-refractivity contribution in [3.05, 3.63) is 0 Å². The van der Waals surface area contributed by atoms with Crippen molar-refractivity contribution >= 4 is 28.0 Å². The van der Waals surface area contributed by atoms with E-state index in [9.17, 15) is 9.59 Å². The minimum atomic E-state index is -1.33. The first-order valence-electron chi connectivity index (χ1n) is 1.54. The minimum Gasteiger partial charge on any atom is -1.00 e. The zero-order valence-corrected chi connectivity index (χ0v) is 7.79. The van der Waals surface area contributed by atoms with Crippen LogP contribution in [0.3, 0.4) is 0 Å². The molecule has 0 N–H and O–H groups in total. The van der Waals surface area contributed by atoms with Crippen molar-refractivity contribution in [2.75, 3.05) is 0 Å². The Morgan fingerprint density at radius 1 is 1.10 bits per heavy atom. The van der Waals surface area contributed by atoms with Crippen LogP contribution in [0.2, 0.25) is 0 Å². The maximum atomic E-state index is 9.84. The Hall–Kier alpha value is 0.667. The van der Waals surface area contributed by atoms with Crippen molar-refractivity contribution in [2.45, 2.75) is 0 Å². The van der Waals surface area contributed by atoms with Crippen LogP contribution < -0.4 is 48.4 Å². The second-order valence-electron chi connectivity index (χ2n) is 0.811. The molecule has 0 saturated heterocycles. The van der Waals surface area contributed by atoms with Gasteiger partial charge in [0.15, 0.2) is 0 Å². The smallest absolute Gasteiger partial charge is 1.00 e. The van der Waals surface area contributed by atoms with Gasteiger partial charge >= 0.3 is 76.5 Å². The molecule has 0 heterocycles. The first kappa shape index (κ1) is 17.0. The molecule has 4 radical (unpaired) electrons. The molecule has 10 heavy (non-hydrogen) atoms. The molecule has 0 aromatic heterocycles. The summed E-state index contributed by atoms with van der Waals surface area (Å²) >= 11 is 0. The van der Waals surface area contributed by atoms with E-state index < -0.39 is 11.9 Å². The van der Waals surface area contributed by atoms with Gasteiger partial charge in [0.2, 0.25) is 0 Å². The topological polar surface area (TPSA) is 52.6 Å². The van der Waals surface area contributed by atoms with Gasteiger partial charge < -0.3 is 12.2 Å². The van der Waals surface area contributed by atoms with Crippen LogP contribution in [-0.2, 0) is 18.9 Å². The Morgan fingerprint density at radius 2 is 1.30 bits per heavy atom. The van der Waals surface area contributed by atoms with Crippen LogP contribution in [0.15, 0.2) is 0 Å². The zero-order valence-electron chi connectivity index (χ0n) is 7.79. The first-order valence-corrected chi connectivity index (χ1v) is 1.54. The van der Waals surface area contributed by atoms with Gasteiger partial charge in [0.05, 0.1) is 0 Å². The number of hydrogen-bond donors (Lipinski definition) is 0. The van der Waals surface area contributed by atoms with E-state index in [1.165, 1.54) is 0 Å². The van der Waals surface area contributed by atoms with Crippen LogP contribution in [0.5, 0.6) is 0 Å². The zero-order chi connectivity index (χ0) is 6.57. The third-order valence-corrected chi connectivity index (χ3v) is 0.381. The van der Waals surface area contributed by atoms with Crippen LogP contribution >= 0.6 is 0 Å². The number of hydrogen-bond acceptors (Lipinski definition) is 4. The Labute approximate surface area is 97.7 Å². The average molecular weight is 142 g/mol. The number of rotatable bonds is 0. The summed E-state index contributed by atoms with van der Waals surface area (Å²) in [6, 6.07) is 0. The van der Waals surface area contributed by atoms with Gasteiger partial charge in [-0.3, -0.25) is 0 Å². The fourth-order valence-electron chi connectivity index (χ4n) is 0.0962. The summed E-state index contributed by atoms with van der Waals surface area (Å²) in [4.78, 5) is 19.7. The summed E-state index contributed by atoms with van der Waals surface area (Å²) in [6.07, 6.45) is 0. The summed E-state index contributed by atoms with van der Waals surface area (Å²) in [5, 5.41) is 0. The summed E-state index contributed by atoms with van der Waals surface area (Å²) in [5.74, 6) is -2.65. The van der Waals surface area contributed by atoms with E-state index in [-0.39, 0.29) is 51.3 Å². The molecule has 0 aliphatic heterocycles. The monoisotopic (exact) mass is 142 g/mol. The Kier molecular flexibility index (Phi) is 16.4. The predicted octanol–water partition coefficient (Wildman–Crippen LogP) is -7.53. The van der Waals surface area contributed by atoms with E-state index in [1.807, 2.05) is 0 Å². The summed E-state index contributed by atoms with van der Waals surface area (Å²) in [6.45, 7) is 0. The van der Waals surface area contributed by atoms with E-state index in [2.05, 4.69) is 25.4 Å². The maximum absolute atomic E-state index is 9.84. The second kappa shape index (κ2) is 9.67. The summed E-state index contributed by atoms with van der Waals surface area (Å²) in [5.41, 5.74) is 0. The molecule has 0 rings (SSSR count). The molecule has 0 fully saturated rings. The van der Waals surface area contributed by atoms with Crippen LogP contribution in [-0.4, -0.2) is 28.0 Å². The quantitative estimate of drug-likeness (QED) is 0.249. The van der Waals surface area contributed by atoms with Gasteiger partial charge in [-0.15, -0.1) is 0 Å². The molecular formula is C2H2B2LiNaO4. The van der Waals surface area contributed by atoms with Crippen molar-refractivity contribution in [3.8, 4) is 0 Å².